The molecule has 3 amide bonds. The summed E-state index contributed by atoms with van der Waals surface area (Å²) in [5, 5.41) is 6.03. The summed E-state index contributed by atoms with van der Waals surface area (Å²) in [7, 11) is 0. The first-order chi connectivity index (χ1) is 19.3. The van der Waals surface area contributed by atoms with Gasteiger partial charge in [0.05, 0.1) is 16.6 Å². The Balaban J connectivity index is 1.20. The SMILES string of the molecule is CC(=O)Nc1cccc(C(=O)NC(CCN2CC3CN(C(=O)c4c(F)cccc4Cl)C[C@@H]3C2)c2ccccc2)c1. The summed E-state index contributed by atoms with van der Waals surface area (Å²) in [5.74, 6) is -0.712. The average molecular weight is 563 g/mol. The Bertz CT molecular complexity index is 1370. The predicted molar refractivity (Wildman–Crippen MR) is 153 cm³/mol. The first kappa shape index (κ1) is 27.8. The second kappa shape index (κ2) is 12.2. The number of amides is 3. The van der Waals surface area contributed by atoms with E-state index in [-0.39, 0.29) is 34.3 Å². The van der Waals surface area contributed by atoms with Crippen LogP contribution in [0.3, 0.4) is 0 Å². The van der Waals surface area contributed by atoms with E-state index in [1.807, 2.05) is 30.3 Å². The fourth-order valence-electron chi connectivity index (χ4n) is 5.80. The summed E-state index contributed by atoms with van der Waals surface area (Å²) in [6.45, 7) is 5.05. The van der Waals surface area contributed by atoms with Crippen molar-refractivity contribution in [2.75, 3.05) is 38.0 Å². The van der Waals surface area contributed by atoms with E-state index in [0.29, 0.717) is 42.6 Å². The molecule has 0 spiro atoms. The van der Waals surface area contributed by atoms with Crippen LogP contribution in [0.25, 0.3) is 0 Å². The van der Waals surface area contributed by atoms with Gasteiger partial charge < -0.3 is 20.4 Å². The molecule has 0 bridgehead atoms. The maximum atomic E-state index is 14.3. The fraction of sp³-hybridized carbons (Fsp3) is 0.323. The fourth-order valence-corrected chi connectivity index (χ4v) is 6.04. The van der Waals surface area contributed by atoms with Crippen LogP contribution in [0.2, 0.25) is 5.02 Å². The molecule has 3 atom stereocenters. The normalized spacial score (nSPS) is 19.2. The number of nitrogens with one attached hydrogen (secondary N) is 2. The van der Waals surface area contributed by atoms with Gasteiger partial charge >= 0.3 is 0 Å². The second-order valence-electron chi connectivity index (χ2n) is 10.6. The van der Waals surface area contributed by atoms with E-state index in [2.05, 4.69) is 15.5 Å². The molecule has 3 aromatic carbocycles. The minimum Gasteiger partial charge on any atom is -0.345 e. The molecular weight excluding hydrogens is 531 g/mol. The van der Waals surface area contributed by atoms with Gasteiger partial charge in [-0.25, -0.2) is 4.39 Å². The van der Waals surface area contributed by atoms with Crippen molar-refractivity contribution in [3.05, 3.63) is 100 Å². The molecule has 2 N–H and O–H groups in total. The smallest absolute Gasteiger partial charge is 0.258 e. The van der Waals surface area contributed by atoms with E-state index in [4.69, 9.17) is 11.6 Å². The Hall–Kier alpha value is -3.75. The molecule has 2 aliphatic heterocycles. The highest BCUT2D eigenvalue weighted by molar-refractivity contribution is 6.33. The monoisotopic (exact) mass is 562 g/mol. The molecule has 2 unspecified atom stereocenters. The topological polar surface area (TPSA) is 81.8 Å². The standard InChI is InChI=1S/C31H32ClFN4O3/c1-20(38)34-25-10-5-9-22(15-25)30(39)35-28(21-7-3-2-4-8-21)13-14-36-16-23-18-37(19-24(23)17-36)31(40)29-26(32)11-6-12-27(29)33/h2-12,15,23-24,28H,13-14,16-19H2,1H3,(H,34,38)(H,35,39)/t23-,24?,28?/m0/s1. The van der Waals surface area contributed by atoms with Crippen molar-refractivity contribution in [1.82, 2.24) is 15.1 Å². The third kappa shape index (κ3) is 6.35. The molecule has 40 heavy (non-hydrogen) atoms. The predicted octanol–water partition coefficient (Wildman–Crippen LogP) is 5.00. The highest BCUT2D eigenvalue weighted by atomic mass is 35.5. The van der Waals surface area contributed by atoms with E-state index >= 15 is 0 Å². The molecule has 2 saturated heterocycles. The van der Waals surface area contributed by atoms with Gasteiger partial charge in [-0.3, -0.25) is 14.4 Å². The van der Waals surface area contributed by atoms with Crippen molar-refractivity contribution >= 4 is 35.0 Å². The Morgan fingerprint density at radius 1 is 0.950 bits per heavy atom. The summed E-state index contributed by atoms with van der Waals surface area (Å²) < 4.78 is 14.3. The van der Waals surface area contributed by atoms with Gasteiger partial charge in [0.25, 0.3) is 11.8 Å². The first-order valence-electron chi connectivity index (χ1n) is 13.5. The lowest BCUT2D eigenvalue weighted by atomic mass is 10.0. The molecule has 0 radical (unpaired) electrons. The maximum Gasteiger partial charge on any atom is 0.258 e. The molecular formula is C31H32ClFN4O3. The Morgan fingerprint density at radius 3 is 2.33 bits per heavy atom. The van der Waals surface area contributed by atoms with Gasteiger partial charge in [0, 0.05) is 50.9 Å². The Morgan fingerprint density at radius 2 is 1.65 bits per heavy atom. The molecule has 2 aliphatic rings. The molecule has 0 aliphatic carbocycles. The third-order valence-corrected chi connectivity index (χ3v) is 8.03. The summed E-state index contributed by atoms with van der Waals surface area (Å²) in [6.07, 6.45) is 0.716. The van der Waals surface area contributed by atoms with Gasteiger partial charge in [0.1, 0.15) is 5.82 Å². The maximum absolute atomic E-state index is 14.3. The molecule has 9 heteroatoms. The van der Waals surface area contributed by atoms with Crippen molar-refractivity contribution in [3.8, 4) is 0 Å². The van der Waals surface area contributed by atoms with Crippen molar-refractivity contribution in [3.63, 3.8) is 0 Å². The van der Waals surface area contributed by atoms with E-state index in [9.17, 15) is 18.8 Å². The number of hydrogen-bond donors (Lipinski definition) is 2. The molecule has 0 aromatic heterocycles. The number of fused-ring (bicyclic) bond motifs is 1. The largest absolute Gasteiger partial charge is 0.345 e. The number of likely N-dealkylation sites (tertiary alicyclic amines) is 2. The van der Waals surface area contributed by atoms with E-state index < -0.39 is 5.82 Å². The van der Waals surface area contributed by atoms with Gasteiger partial charge in [-0.1, -0.05) is 54.1 Å². The lowest BCUT2D eigenvalue weighted by molar-refractivity contribution is -0.114. The van der Waals surface area contributed by atoms with Crippen molar-refractivity contribution < 1.29 is 18.8 Å². The zero-order chi connectivity index (χ0) is 28.2. The van der Waals surface area contributed by atoms with Crippen LogP contribution in [0.4, 0.5) is 10.1 Å². The molecule has 208 valence electrons. The number of halogens is 2. The van der Waals surface area contributed by atoms with Crippen LogP contribution >= 0.6 is 11.6 Å². The average Bonchev–Trinajstić information content (AvgIpc) is 3.50. The van der Waals surface area contributed by atoms with E-state index in [0.717, 1.165) is 25.2 Å². The number of hydrogen-bond acceptors (Lipinski definition) is 4. The first-order valence-corrected chi connectivity index (χ1v) is 13.9. The lowest BCUT2D eigenvalue weighted by Crippen LogP contribution is -2.35. The lowest BCUT2D eigenvalue weighted by Gasteiger charge is -2.25. The van der Waals surface area contributed by atoms with Crippen molar-refractivity contribution in [2.45, 2.75) is 19.4 Å². The highest BCUT2D eigenvalue weighted by Crippen LogP contribution is 2.34. The number of benzene rings is 3. The molecule has 0 saturated carbocycles. The number of carbonyl (C=O) groups excluding carboxylic acids is 3. The Kier molecular flexibility index (Phi) is 8.47. The number of rotatable bonds is 8. The van der Waals surface area contributed by atoms with E-state index in [1.165, 1.54) is 25.1 Å². The quantitative estimate of drug-likeness (QED) is 0.405. The zero-order valence-corrected chi connectivity index (χ0v) is 23.0. The molecule has 7 nitrogen and oxygen atoms in total. The van der Waals surface area contributed by atoms with Gasteiger partial charge in [-0.05, 0) is 54.2 Å². The highest BCUT2D eigenvalue weighted by Gasteiger charge is 2.42. The minimum atomic E-state index is -0.591. The summed E-state index contributed by atoms with van der Waals surface area (Å²) >= 11 is 6.13. The Labute approximate surface area is 238 Å². The summed E-state index contributed by atoms with van der Waals surface area (Å²) in [4.78, 5) is 41.7. The third-order valence-electron chi connectivity index (χ3n) is 7.71. The van der Waals surface area contributed by atoms with Crippen LogP contribution in [-0.4, -0.2) is 60.2 Å². The zero-order valence-electron chi connectivity index (χ0n) is 22.3. The summed E-state index contributed by atoms with van der Waals surface area (Å²) in [5.41, 5.74) is 2.02. The molecule has 5 rings (SSSR count). The van der Waals surface area contributed by atoms with Gasteiger partial charge in [-0.15, -0.1) is 0 Å². The molecule has 2 heterocycles. The second-order valence-corrected chi connectivity index (χ2v) is 11.0. The summed E-state index contributed by atoms with van der Waals surface area (Å²) in [6, 6.07) is 20.9. The van der Waals surface area contributed by atoms with Crippen molar-refractivity contribution in [1.29, 1.82) is 0 Å². The van der Waals surface area contributed by atoms with Crippen LogP contribution in [0.5, 0.6) is 0 Å². The van der Waals surface area contributed by atoms with Gasteiger partial charge in [0.15, 0.2) is 0 Å². The minimum absolute atomic E-state index is 0.0509. The van der Waals surface area contributed by atoms with Gasteiger partial charge in [0.2, 0.25) is 5.91 Å². The van der Waals surface area contributed by atoms with E-state index in [1.54, 1.807) is 29.2 Å². The number of nitrogens with zero attached hydrogens (tertiary/aromatic N) is 2. The van der Waals surface area contributed by atoms with Crippen LogP contribution in [0.15, 0.2) is 72.8 Å². The van der Waals surface area contributed by atoms with Crippen LogP contribution in [0.1, 0.15) is 45.7 Å². The molecule has 2 fully saturated rings. The van der Waals surface area contributed by atoms with Gasteiger partial charge in [-0.2, -0.15) is 0 Å². The van der Waals surface area contributed by atoms with Crippen LogP contribution in [-0.2, 0) is 4.79 Å². The number of carbonyl (C=O) groups is 3. The van der Waals surface area contributed by atoms with Crippen molar-refractivity contribution in [2.24, 2.45) is 11.8 Å². The van der Waals surface area contributed by atoms with Crippen LogP contribution in [0, 0.1) is 17.7 Å². The number of anilines is 1. The molecule has 3 aromatic rings. The van der Waals surface area contributed by atoms with Crippen LogP contribution < -0.4 is 10.6 Å².